The number of hydrogen-bond acceptors (Lipinski definition) is 5. The van der Waals surface area contributed by atoms with E-state index in [1.54, 1.807) is 4.90 Å². The fourth-order valence-electron chi connectivity index (χ4n) is 3.92. The minimum Gasteiger partial charge on any atom is -0.361 e. The molecule has 2 aromatic heterocycles. The number of fused-ring (bicyclic) bond motifs is 1. The molecule has 0 unspecified atom stereocenters. The molecule has 1 atom stereocenters. The molecule has 9 heteroatoms. The number of aromatic nitrogens is 3. The van der Waals surface area contributed by atoms with Crippen LogP contribution in [0.25, 0.3) is 10.9 Å². The van der Waals surface area contributed by atoms with Crippen LogP contribution in [0.1, 0.15) is 43.2 Å². The number of rotatable bonds is 9. The maximum absolute atomic E-state index is 12.6. The van der Waals surface area contributed by atoms with Crippen LogP contribution in [-0.2, 0) is 22.4 Å². The van der Waals surface area contributed by atoms with Gasteiger partial charge in [0.25, 0.3) is 0 Å². The number of unbranched alkanes of at least 4 members (excludes halogenated alkanes) is 2. The van der Waals surface area contributed by atoms with Gasteiger partial charge < -0.3 is 15.2 Å². The second-order valence-electron chi connectivity index (χ2n) is 7.94. The molecule has 1 aliphatic rings. The number of aromatic amines is 1. The third kappa shape index (κ3) is 5.25. The average molecular weight is 460 g/mol. The fraction of sp³-hybridized carbons (Fsp3) is 0.455. The largest absolute Gasteiger partial charge is 0.361 e. The molecule has 31 heavy (non-hydrogen) atoms. The van der Waals surface area contributed by atoms with Gasteiger partial charge >= 0.3 is 0 Å². The number of nitrogens with zero attached hydrogens (tertiary/aromatic N) is 3. The second-order valence-corrected chi connectivity index (χ2v) is 9.44. The maximum Gasteiger partial charge on any atom is 0.231 e. The first-order valence-corrected chi connectivity index (χ1v) is 11.9. The monoisotopic (exact) mass is 459 g/mol. The van der Waals surface area contributed by atoms with E-state index >= 15 is 0 Å². The van der Waals surface area contributed by atoms with Gasteiger partial charge in [-0.3, -0.25) is 9.59 Å². The topological polar surface area (TPSA) is 91.0 Å². The summed E-state index contributed by atoms with van der Waals surface area (Å²) in [4.78, 5) is 30.1. The van der Waals surface area contributed by atoms with Gasteiger partial charge in [0.05, 0.1) is 5.92 Å². The van der Waals surface area contributed by atoms with Crippen molar-refractivity contribution >= 4 is 50.8 Å². The number of halogens is 1. The summed E-state index contributed by atoms with van der Waals surface area (Å²) in [5.74, 6) is -0.515. The van der Waals surface area contributed by atoms with Crippen LogP contribution in [0, 0.1) is 5.92 Å². The van der Waals surface area contributed by atoms with Crippen LogP contribution in [0.3, 0.4) is 0 Å². The van der Waals surface area contributed by atoms with Crippen molar-refractivity contribution in [2.45, 2.75) is 45.4 Å². The van der Waals surface area contributed by atoms with E-state index in [2.05, 4.69) is 27.4 Å². The zero-order valence-electron chi connectivity index (χ0n) is 17.5. The lowest BCUT2D eigenvalue weighted by atomic mass is 10.1. The summed E-state index contributed by atoms with van der Waals surface area (Å²) < 4.78 is 0. The van der Waals surface area contributed by atoms with Crippen molar-refractivity contribution in [1.29, 1.82) is 0 Å². The molecular formula is C22H26ClN5O2S. The van der Waals surface area contributed by atoms with E-state index in [0.717, 1.165) is 47.2 Å². The summed E-state index contributed by atoms with van der Waals surface area (Å²) in [6.45, 7) is 3.16. The zero-order chi connectivity index (χ0) is 21.8. The van der Waals surface area contributed by atoms with Gasteiger partial charge in [-0.2, -0.15) is 0 Å². The quantitative estimate of drug-likeness (QED) is 0.463. The molecule has 3 heterocycles. The van der Waals surface area contributed by atoms with Crippen molar-refractivity contribution in [3.63, 3.8) is 0 Å². The lowest BCUT2D eigenvalue weighted by molar-refractivity contribution is -0.128. The van der Waals surface area contributed by atoms with Gasteiger partial charge in [-0.1, -0.05) is 42.7 Å². The number of carbonyl (C=O) groups is 2. The number of nitrogens with one attached hydrogen (secondary N) is 2. The standard InChI is InChI=1S/C22H26ClN5O2S/c1-2-3-4-5-19-26-27-22(31-19)25-21(30)15-10-20(29)28(13-15)9-8-14-12-24-18-7-6-16(23)11-17(14)18/h6-7,11-12,15,24H,2-5,8-10,13H2,1H3,(H,25,27,30)/t15-/m0/s1. The number of benzene rings is 1. The third-order valence-electron chi connectivity index (χ3n) is 5.66. The van der Waals surface area contributed by atoms with E-state index in [0.29, 0.717) is 29.7 Å². The Labute approximate surface area is 190 Å². The van der Waals surface area contributed by atoms with Crippen molar-refractivity contribution in [3.05, 3.63) is 40.0 Å². The molecule has 1 fully saturated rings. The maximum atomic E-state index is 12.6. The Morgan fingerprint density at radius 1 is 1.32 bits per heavy atom. The van der Waals surface area contributed by atoms with Crippen molar-refractivity contribution in [2.75, 3.05) is 18.4 Å². The van der Waals surface area contributed by atoms with Crippen molar-refractivity contribution in [1.82, 2.24) is 20.1 Å². The number of carbonyl (C=O) groups excluding carboxylic acids is 2. The minimum absolute atomic E-state index is 0.00976. The fourth-order valence-corrected chi connectivity index (χ4v) is 4.87. The van der Waals surface area contributed by atoms with E-state index in [-0.39, 0.29) is 24.2 Å². The molecule has 0 radical (unpaired) electrons. The first-order valence-electron chi connectivity index (χ1n) is 10.7. The van der Waals surface area contributed by atoms with Gasteiger partial charge in [0.15, 0.2) is 0 Å². The van der Waals surface area contributed by atoms with Crippen molar-refractivity contribution in [2.24, 2.45) is 5.92 Å². The van der Waals surface area contributed by atoms with E-state index in [4.69, 9.17) is 11.6 Å². The molecule has 1 aromatic carbocycles. The molecular weight excluding hydrogens is 434 g/mol. The molecule has 3 aromatic rings. The Bertz CT molecular complexity index is 1080. The van der Waals surface area contributed by atoms with E-state index < -0.39 is 0 Å². The Hall–Kier alpha value is -2.45. The van der Waals surface area contributed by atoms with Crippen LogP contribution < -0.4 is 5.32 Å². The Morgan fingerprint density at radius 3 is 3.03 bits per heavy atom. The summed E-state index contributed by atoms with van der Waals surface area (Å²) in [6.07, 6.45) is 7.17. The lowest BCUT2D eigenvalue weighted by Gasteiger charge is -2.16. The van der Waals surface area contributed by atoms with Crippen LogP contribution in [0.15, 0.2) is 24.4 Å². The number of anilines is 1. The summed E-state index contributed by atoms with van der Waals surface area (Å²) in [5.41, 5.74) is 2.14. The van der Waals surface area contributed by atoms with Gasteiger partial charge in [0.1, 0.15) is 5.01 Å². The highest BCUT2D eigenvalue weighted by molar-refractivity contribution is 7.15. The number of hydrogen-bond donors (Lipinski definition) is 2. The van der Waals surface area contributed by atoms with E-state index in [1.165, 1.54) is 11.3 Å². The molecule has 0 saturated carbocycles. The smallest absolute Gasteiger partial charge is 0.231 e. The highest BCUT2D eigenvalue weighted by Gasteiger charge is 2.34. The zero-order valence-corrected chi connectivity index (χ0v) is 19.1. The van der Waals surface area contributed by atoms with Gasteiger partial charge in [-0.25, -0.2) is 0 Å². The second kappa shape index (κ2) is 9.78. The molecule has 4 rings (SSSR count). The van der Waals surface area contributed by atoms with Crippen LogP contribution in [0.4, 0.5) is 5.13 Å². The number of likely N-dealkylation sites (tertiary alicyclic amines) is 1. The molecule has 0 aliphatic carbocycles. The van der Waals surface area contributed by atoms with Crippen LogP contribution in [-0.4, -0.2) is 45.0 Å². The summed E-state index contributed by atoms with van der Waals surface area (Å²) >= 11 is 7.54. The van der Waals surface area contributed by atoms with E-state index in [9.17, 15) is 9.59 Å². The average Bonchev–Trinajstić information content (AvgIpc) is 3.45. The van der Waals surface area contributed by atoms with E-state index in [1.807, 2.05) is 24.4 Å². The third-order valence-corrected chi connectivity index (χ3v) is 6.79. The summed E-state index contributed by atoms with van der Waals surface area (Å²) in [5, 5.41) is 14.3. The van der Waals surface area contributed by atoms with Crippen molar-refractivity contribution < 1.29 is 9.59 Å². The molecule has 0 bridgehead atoms. The Balaban J connectivity index is 1.30. The number of amides is 2. The molecule has 7 nitrogen and oxygen atoms in total. The molecule has 2 amide bonds. The van der Waals surface area contributed by atoms with Gasteiger partial charge in [0.2, 0.25) is 16.9 Å². The molecule has 1 saturated heterocycles. The highest BCUT2D eigenvalue weighted by Crippen LogP contribution is 2.25. The lowest BCUT2D eigenvalue weighted by Crippen LogP contribution is -2.30. The van der Waals surface area contributed by atoms with Crippen LogP contribution in [0.2, 0.25) is 5.02 Å². The van der Waals surface area contributed by atoms with Crippen LogP contribution in [0.5, 0.6) is 0 Å². The predicted octanol–water partition coefficient (Wildman–Crippen LogP) is 4.44. The normalized spacial score (nSPS) is 16.4. The van der Waals surface area contributed by atoms with Crippen LogP contribution >= 0.6 is 22.9 Å². The molecule has 2 N–H and O–H groups in total. The predicted molar refractivity (Wildman–Crippen MR) is 123 cm³/mol. The Kier molecular flexibility index (Phi) is 6.87. The van der Waals surface area contributed by atoms with Gasteiger partial charge in [0, 0.05) is 48.1 Å². The number of aryl methyl sites for hydroxylation is 1. The summed E-state index contributed by atoms with van der Waals surface area (Å²) in [7, 11) is 0. The first kappa shape index (κ1) is 21.8. The molecule has 0 spiro atoms. The Morgan fingerprint density at radius 2 is 2.19 bits per heavy atom. The first-order chi connectivity index (χ1) is 15.0. The highest BCUT2D eigenvalue weighted by atomic mass is 35.5. The molecule has 1 aliphatic heterocycles. The summed E-state index contributed by atoms with van der Waals surface area (Å²) in [6, 6.07) is 5.73. The number of H-pyrrole nitrogens is 1. The van der Waals surface area contributed by atoms with Gasteiger partial charge in [-0.05, 0) is 36.6 Å². The van der Waals surface area contributed by atoms with Gasteiger partial charge in [-0.15, -0.1) is 10.2 Å². The minimum atomic E-state index is -0.364. The molecule has 164 valence electrons. The SMILES string of the molecule is CCCCCc1nnc(NC(=O)[C@H]2CC(=O)N(CCc3c[nH]c4ccc(Cl)cc34)C2)s1. The van der Waals surface area contributed by atoms with Crippen molar-refractivity contribution in [3.8, 4) is 0 Å².